The molecular weight excluding hydrogens is 160 g/mol. The zero-order valence-electron chi connectivity index (χ0n) is 2.83. The van der Waals surface area contributed by atoms with Crippen LogP contribution in [-0.2, 0) is 24.2 Å². The molecule has 0 amide bonds. The molecule has 0 aliphatic rings. The number of hydrogen-bond acceptors (Lipinski definition) is 4. The first-order chi connectivity index (χ1) is 2.27. The van der Waals surface area contributed by atoms with Crippen LogP contribution in [0.3, 0.4) is 0 Å². The van der Waals surface area contributed by atoms with E-state index in [1.165, 1.54) is 0 Å². The van der Waals surface area contributed by atoms with Crippen LogP contribution in [0.25, 0.3) is 0 Å². The Labute approximate surface area is 48.4 Å². The molecule has 4 nitrogen and oxygen atoms in total. The molecule has 0 bridgehead atoms. The average Bonchev–Trinajstić information content (AvgIpc) is 1.38. The van der Waals surface area contributed by atoms with E-state index in [0.29, 0.717) is 0 Å². The second kappa shape index (κ2) is 5.89. The van der Waals surface area contributed by atoms with E-state index in [2.05, 4.69) is 4.67 Å². The van der Waals surface area contributed by atoms with Gasteiger partial charge >= 0.3 is 19.5 Å². The van der Waals surface area contributed by atoms with E-state index in [9.17, 15) is 0 Å². The van der Waals surface area contributed by atoms with Gasteiger partial charge in [0.05, 0.1) is 8.60 Å². The van der Waals surface area contributed by atoms with Crippen molar-refractivity contribution in [3.05, 3.63) is 0 Å². The summed E-state index contributed by atoms with van der Waals surface area (Å²) >= 11 is 0. The predicted octanol–water partition coefficient (Wildman–Crippen LogP) is -2.14. The minimum Gasteiger partial charge on any atom is -0.787 e. The van der Waals surface area contributed by atoms with Gasteiger partial charge in [0.2, 0.25) is 0 Å². The van der Waals surface area contributed by atoms with Gasteiger partial charge in [0.1, 0.15) is 0 Å². The predicted molar refractivity (Wildman–Crippen MR) is 10.2 cm³/mol. The second-order valence-corrected chi connectivity index (χ2v) is 0.937. The van der Waals surface area contributed by atoms with Crippen LogP contribution >= 0.6 is 8.60 Å². The molecule has 0 radical (unpaired) electrons. The van der Waals surface area contributed by atoms with E-state index in [0.717, 1.165) is 0 Å². The van der Waals surface area contributed by atoms with Crippen LogP contribution in [0.4, 0.5) is 0 Å². The third kappa shape index (κ3) is 8.86. The fraction of sp³-hybridized carbons (Fsp3) is 0. The summed E-state index contributed by atoms with van der Waals surface area (Å²) < 4.78 is 2.56. The maximum Gasteiger partial charge on any atom is 2.00 e. The summed E-state index contributed by atoms with van der Waals surface area (Å²) in [5, 5.41) is 8.60. The van der Waals surface area contributed by atoms with E-state index < -0.39 is 8.60 Å². The molecule has 0 fully saturated rings. The molecule has 0 saturated carbocycles. The van der Waals surface area contributed by atoms with Crippen LogP contribution in [0.1, 0.15) is 0 Å². The van der Waals surface area contributed by atoms with Gasteiger partial charge in [-0.25, -0.2) is 0 Å². The van der Waals surface area contributed by atoms with Gasteiger partial charge in [0.15, 0.2) is 0 Å². The van der Waals surface area contributed by atoms with Crippen molar-refractivity contribution >= 4 is 8.60 Å². The minimum atomic E-state index is -2.90. The van der Waals surface area contributed by atoms with E-state index in [-0.39, 0.29) is 19.5 Å². The third-order valence-corrected chi connectivity index (χ3v) is 0.191. The molecule has 0 heterocycles. The van der Waals surface area contributed by atoms with Gasteiger partial charge in [0.25, 0.3) is 0 Å². The number of rotatable bonds is 1. The summed E-state index contributed by atoms with van der Waals surface area (Å²) in [6.07, 6.45) is 0. The average molecular weight is 161 g/mol. The Hall–Kier alpha value is 0.893. The van der Waals surface area contributed by atoms with Crippen LogP contribution in [0, 0.1) is 0 Å². The van der Waals surface area contributed by atoms with Crippen molar-refractivity contribution in [2.45, 2.75) is 0 Å². The van der Waals surface area contributed by atoms with Crippen LogP contribution in [-0.4, -0.2) is 4.89 Å². The second-order valence-electron chi connectivity index (χ2n) is 0.312. The summed E-state index contributed by atoms with van der Waals surface area (Å²) in [5.74, 6) is 0. The quantitative estimate of drug-likeness (QED) is 0.206. The molecule has 32 valence electrons. The van der Waals surface area contributed by atoms with Crippen molar-refractivity contribution < 1.29 is 39.2 Å². The van der Waals surface area contributed by atoms with Crippen molar-refractivity contribution in [1.82, 2.24) is 0 Å². The minimum absolute atomic E-state index is 0. The molecule has 0 aromatic heterocycles. The van der Waals surface area contributed by atoms with Gasteiger partial charge < -0.3 is 19.7 Å². The van der Waals surface area contributed by atoms with Crippen LogP contribution in [0.15, 0.2) is 0 Å². The standard InChI is InChI=1S/H2O4P.Zn/c1-4-5(2)3;/h1-2H;/q-1;+2/p-1. The first-order valence-corrected chi connectivity index (χ1v) is 1.86. The van der Waals surface area contributed by atoms with E-state index in [1.807, 2.05) is 0 Å². The molecule has 0 aromatic carbocycles. The normalized spacial score (nSPS) is 12.5. The Morgan fingerprint density at radius 2 is 1.83 bits per heavy atom. The van der Waals surface area contributed by atoms with Crippen molar-refractivity contribution in [1.29, 1.82) is 0 Å². The molecule has 0 aromatic rings. The first kappa shape index (κ1) is 10.00. The SMILES string of the molecule is [O-]OP([O-])O.[Zn+2]. The van der Waals surface area contributed by atoms with Gasteiger partial charge in [0, 0.05) is 0 Å². The number of hydrogen-bond donors (Lipinski definition) is 1. The van der Waals surface area contributed by atoms with E-state index >= 15 is 0 Å². The van der Waals surface area contributed by atoms with Crippen LogP contribution in [0.2, 0.25) is 0 Å². The Bertz CT molecular complexity index is 21.5. The van der Waals surface area contributed by atoms with Crippen molar-refractivity contribution in [3.63, 3.8) is 0 Å². The zero-order chi connectivity index (χ0) is 4.28. The fourth-order valence-corrected chi connectivity index (χ4v) is 0. The Morgan fingerprint density at radius 1 is 1.67 bits per heavy atom. The Morgan fingerprint density at radius 3 is 1.83 bits per heavy atom. The van der Waals surface area contributed by atoms with Crippen molar-refractivity contribution in [2.75, 3.05) is 0 Å². The monoisotopic (exact) mass is 160 g/mol. The maximum absolute atomic E-state index is 8.98. The molecule has 1 atom stereocenters. The van der Waals surface area contributed by atoms with Gasteiger partial charge in [-0.05, 0) is 0 Å². The van der Waals surface area contributed by atoms with E-state index in [1.54, 1.807) is 0 Å². The molecule has 0 aliphatic heterocycles. The summed E-state index contributed by atoms with van der Waals surface area (Å²) in [6, 6.07) is 0. The molecule has 1 N–H and O–H groups in total. The van der Waals surface area contributed by atoms with Gasteiger partial charge in [-0.1, -0.05) is 0 Å². The summed E-state index contributed by atoms with van der Waals surface area (Å²) in [4.78, 5) is 16.3. The third-order valence-electron chi connectivity index (χ3n) is 0.0638. The molecule has 0 saturated heterocycles. The molecule has 0 rings (SSSR count). The molecule has 6 heavy (non-hydrogen) atoms. The Kier molecular flexibility index (Phi) is 9.82. The molecule has 0 spiro atoms. The molecule has 1 unspecified atom stereocenters. The van der Waals surface area contributed by atoms with Gasteiger partial charge in [-0.15, -0.1) is 0 Å². The van der Waals surface area contributed by atoms with Gasteiger partial charge in [-0.2, -0.15) is 0 Å². The summed E-state index contributed by atoms with van der Waals surface area (Å²) in [7, 11) is -2.90. The van der Waals surface area contributed by atoms with Crippen molar-refractivity contribution in [2.24, 2.45) is 0 Å². The van der Waals surface area contributed by atoms with E-state index in [4.69, 9.17) is 15.0 Å². The van der Waals surface area contributed by atoms with Crippen LogP contribution in [0.5, 0.6) is 0 Å². The summed E-state index contributed by atoms with van der Waals surface area (Å²) in [6.45, 7) is 0. The maximum atomic E-state index is 8.98. The summed E-state index contributed by atoms with van der Waals surface area (Å²) in [5.41, 5.74) is 0. The largest absolute Gasteiger partial charge is 2.00 e. The zero-order valence-corrected chi connectivity index (χ0v) is 6.69. The van der Waals surface area contributed by atoms with Crippen LogP contribution < -0.4 is 10.2 Å². The smallest absolute Gasteiger partial charge is 0.787 e. The molecular formula is HO4PZn. The van der Waals surface area contributed by atoms with Gasteiger partial charge in [-0.3, -0.25) is 0 Å². The Balaban J connectivity index is 0. The first-order valence-electron chi connectivity index (χ1n) is 0.732. The molecule has 6 heteroatoms. The fourth-order valence-electron chi connectivity index (χ4n) is 0. The molecule has 0 aliphatic carbocycles. The van der Waals surface area contributed by atoms with Crippen molar-refractivity contribution in [3.8, 4) is 0 Å². The topological polar surface area (TPSA) is 75.6 Å².